The molecule has 2 fully saturated rings. The summed E-state index contributed by atoms with van der Waals surface area (Å²) in [6.07, 6.45) is 2.82. The van der Waals surface area contributed by atoms with Gasteiger partial charge in [0.1, 0.15) is 22.3 Å². The van der Waals surface area contributed by atoms with Crippen molar-refractivity contribution in [1.29, 1.82) is 0 Å². The van der Waals surface area contributed by atoms with Gasteiger partial charge in [0.25, 0.3) is 5.56 Å². The number of rotatable bonds is 7. The predicted molar refractivity (Wildman–Crippen MR) is 132 cm³/mol. The number of pyridine rings is 1. The van der Waals surface area contributed by atoms with E-state index in [1.807, 2.05) is 0 Å². The van der Waals surface area contributed by atoms with Crippen molar-refractivity contribution in [2.24, 2.45) is 7.05 Å². The van der Waals surface area contributed by atoms with Crippen LogP contribution in [0.15, 0.2) is 22.0 Å². The Bertz CT molecular complexity index is 1420. The van der Waals surface area contributed by atoms with Crippen LogP contribution in [0.1, 0.15) is 38.5 Å². The molecule has 36 heavy (non-hydrogen) atoms. The number of nitrogens with zero attached hydrogens (tertiary/aromatic N) is 6. The topological polar surface area (TPSA) is 136 Å². The first-order chi connectivity index (χ1) is 17.3. The third-order valence-electron chi connectivity index (χ3n) is 6.75. The number of likely N-dealkylation sites (N-methyl/N-ethyl adjacent to an activating group) is 1. The number of hydrogen-bond donors (Lipinski definition) is 1. The van der Waals surface area contributed by atoms with E-state index in [0.717, 1.165) is 25.1 Å². The predicted octanol–water partition coefficient (Wildman–Crippen LogP) is 1.29. The number of ether oxygens (including phenoxy) is 2. The smallest absolute Gasteiger partial charge is 0.279 e. The number of piperazine rings is 1. The van der Waals surface area contributed by atoms with Gasteiger partial charge in [-0.05, 0) is 32.4 Å². The number of aryl methyl sites for hydroxylation is 1. The maximum atomic E-state index is 13.5. The Morgan fingerprint density at radius 2 is 1.97 bits per heavy atom. The summed E-state index contributed by atoms with van der Waals surface area (Å²) in [4.78, 5) is 27.0. The van der Waals surface area contributed by atoms with E-state index in [2.05, 4.69) is 26.9 Å². The Kier molecular flexibility index (Phi) is 6.81. The Balaban J connectivity index is 1.60. The third kappa shape index (κ3) is 4.40. The van der Waals surface area contributed by atoms with Crippen molar-refractivity contribution in [3.63, 3.8) is 0 Å². The summed E-state index contributed by atoms with van der Waals surface area (Å²) >= 11 is 0. The van der Waals surface area contributed by atoms with Crippen LogP contribution < -0.4 is 10.3 Å². The van der Waals surface area contributed by atoms with Gasteiger partial charge in [-0.25, -0.2) is 18.4 Å². The minimum Gasteiger partial charge on any atom is -0.477 e. The second-order valence-corrected chi connectivity index (χ2v) is 10.9. The fourth-order valence-electron chi connectivity index (χ4n) is 4.81. The van der Waals surface area contributed by atoms with E-state index in [1.54, 1.807) is 18.7 Å². The lowest BCUT2D eigenvalue weighted by Gasteiger charge is -2.33. The molecule has 0 bridgehead atoms. The van der Waals surface area contributed by atoms with Crippen LogP contribution in [0.2, 0.25) is 0 Å². The van der Waals surface area contributed by atoms with Gasteiger partial charge < -0.3 is 19.4 Å². The van der Waals surface area contributed by atoms with Crippen LogP contribution in [0.4, 0.5) is 0 Å². The van der Waals surface area contributed by atoms with Crippen LogP contribution in [0.5, 0.6) is 5.88 Å². The average Bonchev–Trinajstić information content (AvgIpc) is 3.51. The molecular weight excluding hydrogens is 486 g/mol. The Morgan fingerprint density at radius 1 is 1.19 bits per heavy atom. The highest BCUT2D eigenvalue weighted by Gasteiger charge is 2.31. The fraction of sp³-hybridized carbons (Fsp3) is 0.565. The molecule has 2 saturated heterocycles. The number of hydrogen-bond acceptors (Lipinski definition) is 9. The van der Waals surface area contributed by atoms with Crippen molar-refractivity contribution in [3.05, 3.63) is 28.3 Å². The number of sulfonamides is 1. The summed E-state index contributed by atoms with van der Waals surface area (Å²) in [7, 11) is -2.03. The highest BCUT2D eigenvalue weighted by Crippen LogP contribution is 2.34. The molecule has 1 N–H and O–H groups in total. The molecule has 194 valence electrons. The number of aromatic nitrogens is 5. The second kappa shape index (κ2) is 9.88. The zero-order valence-corrected chi connectivity index (χ0v) is 21.5. The molecular formula is C23H31N7O5S. The molecule has 13 heteroatoms. The van der Waals surface area contributed by atoms with E-state index in [4.69, 9.17) is 14.5 Å². The molecule has 0 aliphatic carbocycles. The van der Waals surface area contributed by atoms with Gasteiger partial charge in [-0.3, -0.25) is 9.48 Å². The lowest BCUT2D eigenvalue weighted by atomic mass is 10.1. The SMILES string of the molecule is CCOc1ncc(S(=O)(=O)N2CCN(CC)CC2)cc1-c1nc2c(C3CCCO3)n(C)nc2c(=O)[nH]1. The van der Waals surface area contributed by atoms with Crippen LogP contribution in [0.3, 0.4) is 0 Å². The number of aromatic amines is 1. The van der Waals surface area contributed by atoms with Gasteiger partial charge in [-0.15, -0.1) is 0 Å². The van der Waals surface area contributed by atoms with Crippen molar-refractivity contribution < 1.29 is 17.9 Å². The van der Waals surface area contributed by atoms with Gasteiger partial charge >= 0.3 is 0 Å². The van der Waals surface area contributed by atoms with E-state index in [-0.39, 0.29) is 28.2 Å². The van der Waals surface area contributed by atoms with E-state index in [1.165, 1.54) is 16.6 Å². The molecule has 0 radical (unpaired) electrons. The maximum absolute atomic E-state index is 13.5. The first-order valence-corrected chi connectivity index (χ1v) is 13.7. The molecule has 2 aliphatic rings. The van der Waals surface area contributed by atoms with Crippen LogP contribution in [0, 0.1) is 0 Å². The summed E-state index contributed by atoms with van der Waals surface area (Å²) in [6.45, 7) is 7.84. The first kappa shape index (κ1) is 24.8. The summed E-state index contributed by atoms with van der Waals surface area (Å²) in [5.74, 6) is 0.362. The molecule has 3 aromatic rings. The summed E-state index contributed by atoms with van der Waals surface area (Å²) < 4.78 is 41.5. The zero-order valence-electron chi connectivity index (χ0n) is 20.7. The summed E-state index contributed by atoms with van der Waals surface area (Å²) in [5.41, 5.74) is 1.22. The fourth-order valence-corrected chi connectivity index (χ4v) is 6.20. The summed E-state index contributed by atoms with van der Waals surface area (Å²) in [5, 5.41) is 4.36. The molecule has 5 heterocycles. The van der Waals surface area contributed by atoms with Crippen molar-refractivity contribution >= 4 is 21.1 Å². The highest BCUT2D eigenvalue weighted by atomic mass is 32.2. The molecule has 1 unspecified atom stereocenters. The van der Waals surface area contributed by atoms with Crippen molar-refractivity contribution in [2.75, 3.05) is 45.9 Å². The lowest BCUT2D eigenvalue weighted by molar-refractivity contribution is 0.106. The minimum atomic E-state index is -3.79. The van der Waals surface area contributed by atoms with Crippen molar-refractivity contribution in [1.82, 2.24) is 33.9 Å². The number of H-pyrrole nitrogens is 1. The Hall–Kier alpha value is -2.87. The molecule has 0 saturated carbocycles. The van der Waals surface area contributed by atoms with Gasteiger partial charge in [-0.2, -0.15) is 9.40 Å². The molecule has 1 atom stereocenters. The highest BCUT2D eigenvalue weighted by molar-refractivity contribution is 7.89. The van der Waals surface area contributed by atoms with Crippen LogP contribution in [-0.2, 0) is 21.8 Å². The van der Waals surface area contributed by atoms with E-state index in [0.29, 0.717) is 50.5 Å². The second-order valence-electron chi connectivity index (χ2n) is 8.92. The van der Waals surface area contributed by atoms with Gasteiger partial charge in [0, 0.05) is 39.8 Å². The molecule has 2 aliphatic heterocycles. The van der Waals surface area contributed by atoms with Crippen LogP contribution in [0.25, 0.3) is 22.4 Å². The quantitative estimate of drug-likeness (QED) is 0.492. The number of fused-ring (bicyclic) bond motifs is 1. The van der Waals surface area contributed by atoms with Gasteiger partial charge in [0.2, 0.25) is 15.9 Å². The largest absolute Gasteiger partial charge is 0.477 e. The molecule has 0 aromatic carbocycles. The van der Waals surface area contributed by atoms with Gasteiger partial charge in [0.05, 0.1) is 24.1 Å². The molecule has 12 nitrogen and oxygen atoms in total. The van der Waals surface area contributed by atoms with E-state index >= 15 is 0 Å². The molecule has 0 amide bonds. The number of nitrogens with one attached hydrogen (secondary N) is 1. The minimum absolute atomic E-state index is 0.0270. The first-order valence-electron chi connectivity index (χ1n) is 12.3. The third-order valence-corrected chi connectivity index (χ3v) is 8.61. The maximum Gasteiger partial charge on any atom is 0.279 e. The van der Waals surface area contributed by atoms with Crippen LogP contribution >= 0.6 is 0 Å². The average molecular weight is 518 g/mol. The molecule has 3 aromatic heterocycles. The van der Waals surface area contributed by atoms with Crippen LogP contribution in [-0.4, -0.2) is 88.3 Å². The van der Waals surface area contributed by atoms with Gasteiger partial charge in [-0.1, -0.05) is 6.92 Å². The molecule has 5 rings (SSSR count). The molecule has 0 spiro atoms. The lowest BCUT2D eigenvalue weighted by Crippen LogP contribution is -2.48. The normalized spacial score (nSPS) is 19.8. The van der Waals surface area contributed by atoms with Crippen molar-refractivity contribution in [2.45, 2.75) is 37.7 Å². The standard InChI is InChI=1S/C23H31N7O5S/c1-4-29-8-10-30(11-9-29)36(32,33)15-13-16(23(24-14-15)34-5-2)21-25-18-19(22(31)26-21)27-28(3)20(18)17-7-6-12-35-17/h13-14,17H,4-12H2,1-3H3,(H,25,26,31). The monoisotopic (exact) mass is 517 g/mol. The Labute approximate surface area is 209 Å². The Morgan fingerprint density at radius 3 is 2.64 bits per heavy atom. The summed E-state index contributed by atoms with van der Waals surface area (Å²) in [6, 6.07) is 1.48. The van der Waals surface area contributed by atoms with E-state index < -0.39 is 15.6 Å². The zero-order chi connectivity index (χ0) is 25.4. The van der Waals surface area contributed by atoms with Crippen molar-refractivity contribution in [3.8, 4) is 17.3 Å². The van der Waals surface area contributed by atoms with E-state index in [9.17, 15) is 13.2 Å². The van der Waals surface area contributed by atoms with Gasteiger partial charge in [0.15, 0.2) is 5.52 Å².